The van der Waals surface area contributed by atoms with Gasteiger partial charge in [-0.05, 0) is 36.4 Å². The first-order valence-corrected chi connectivity index (χ1v) is 9.02. The molecule has 0 aliphatic carbocycles. The van der Waals surface area contributed by atoms with Crippen molar-refractivity contribution in [1.29, 1.82) is 0 Å². The van der Waals surface area contributed by atoms with Gasteiger partial charge in [0.1, 0.15) is 5.65 Å². The molecule has 2 N–H and O–H groups in total. The van der Waals surface area contributed by atoms with Gasteiger partial charge < -0.3 is 14.8 Å². The Morgan fingerprint density at radius 2 is 1.90 bits per heavy atom. The number of rotatable bonds is 5. The Morgan fingerprint density at radius 3 is 2.76 bits per heavy atom. The molecule has 0 bridgehead atoms. The Balaban J connectivity index is 1.59. The lowest BCUT2D eigenvalue weighted by atomic mass is 10.1. The Labute approximate surface area is 166 Å². The molecule has 0 aliphatic heterocycles. The smallest absolute Gasteiger partial charge is 0.213 e. The van der Waals surface area contributed by atoms with Gasteiger partial charge in [0.05, 0.1) is 31.6 Å². The Morgan fingerprint density at radius 1 is 1.00 bits per heavy atom. The average Bonchev–Trinajstić information content (AvgIpc) is 3.42. The van der Waals surface area contributed by atoms with E-state index in [-0.39, 0.29) is 0 Å². The van der Waals surface area contributed by atoms with Crippen molar-refractivity contribution in [3.8, 4) is 22.8 Å². The van der Waals surface area contributed by atoms with E-state index in [1.165, 1.54) is 0 Å². The summed E-state index contributed by atoms with van der Waals surface area (Å²) in [5, 5.41) is 11.5. The van der Waals surface area contributed by atoms with Gasteiger partial charge in [0, 0.05) is 35.1 Å². The van der Waals surface area contributed by atoms with Crippen molar-refractivity contribution in [2.45, 2.75) is 0 Å². The first kappa shape index (κ1) is 17.1. The highest BCUT2D eigenvalue weighted by Crippen LogP contribution is 2.32. The number of nitrogens with zero attached hydrogens (tertiary/aromatic N) is 4. The Kier molecular flexibility index (Phi) is 4.02. The summed E-state index contributed by atoms with van der Waals surface area (Å²) in [6.07, 6.45) is 5.42. The summed E-state index contributed by atoms with van der Waals surface area (Å²) in [5.74, 6) is 1.97. The van der Waals surface area contributed by atoms with Gasteiger partial charge in [-0.1, -0.05) is 0 Å². The second-order valence-corrected chi connectivity index (χ2v) is 6.49. The van der Waals surface area contributed by atoms with Gasteiger partial charge >= 0.3 is 0 Å². The summed E-state index contributed by atoms with van der Waals surface area (Å²) in [7, 11) is 3.23. The molecule has 0 saturated heterocycles. The molecule has 0 amide bonds. The van der Waals surface area contributed by atoms with Gasteiger partial charge in [0.2, 0.25) is 5.95 Å². The monoisotopic (exact) mass is 386 g/mol. The quantitative estimate of drug-likeness (QED) is 0.474. The van der Waals surface area contributed by atoms with E-state index in [0.717, 1.165) is 33.5 Å². The standard InChI is InChI=1S/C21H18N6O2/c1-28-18-6-4-13(9-19(18)29-2)16-11-20-22-7-8-27(20)21(25-16)24-15-5-3-14-12-23-26-17(14)10-15/h3-12H,1-2H3,(H,23,26)(H,24,25). The SMILES string of the molecule is COc1ccc(-c2cc3nccn3c(Nc3ccc4cn[nH]c4c3)n2)cc1OC. The van der Waals surface area contributed by atoms with Crippen LogP contribution in [0.15, 0.2) is 61.1 Å². The second kappa shape index (κ2) is 6.83. The number of H-pyrrole nitrogens is 1. The fraction of sp³-hybridized carbons (Fsp3) is 0.0952. The zero-order chi connectivity index (χ0) is 19.8. The van der Waals surface area contributed by atoms with E-state index in [1.807, 2.05) is 53.1 Å². The maximum Gasteiger partial charge on any atom is 0.213 e. The van der Waals surface area contributed by atoms with Crippen molar-refractivity contribution >= 4 is 28.2 Å². The number of nitrogens with one attached hydrogen (secondary N) is 2. The van der Waals surface area contributed by atoms with Crippen LogP contribution in [0.25, 0.3) is 27.8 Å². The van der Waals surface area contributed by atoms with Gasteiger partial charge in [0.15, 0.2) is 11.5 Å². The maximum absolute atomic E-state index is 5.43. The summed E-state index contributed by atoms with van der Waals surface area (Å²) < 4.78 is 12.7. The van der Waals surface area contributed by atoms with Crippen molar-refractivity contribution < 1.29 is 9.47 Å². The molecule has 0 unspecified atom stereocenters. The molecule has 3 heterocycles. The normalized spacial score (nSPS) is 11.1. The molecule has 0 spiro atoms. The second-order valence-electron chi connectivity index (χ2n) is 6.49. The molecule has 0 atom stereocenters. The van der Waals surface area contributed by atoms with E-state index >= 15 is 0 Å². The number of ether oxygens (including phenoxy) is 2. The lowest BCUT2D eigenvalue weighted by Gasteiger charge is -2.12. The first-order chi connectivity index (χ1) is 14.2. The first-order valence-electron chi connectivity index (χ1n) is 9.02. The molecule has 3 aromatic heterocycles. The van der Waals surface area contributed by atoms with Gasteiger partial charge in [-0.3, -0.25) is 9.50 Å². The van der Waals surface area contributed by atoms with E-state index in [2.05, 4.69) is 20.5 Å². The number of benzene rings is 2. The third-order valence-electron chi connectivity index (χ3n) is 4.77. The molecule has 8 heteroatoms. The number of fused-ring (bicyclic) bond motifs is 2. The lowest BCUT2D eigenvalue weighted by Crippen LogP contribution is -2.02. The third kappa shape index (κ3) is 3.00. The van der Waals surface area contributed by atoms with Gasteiger partial charge in [-0.2, -0.15) is 5.10 Å². The predicted molar refractivity (Wildman–Crippen MR) is 111 cm³/mol. The van der Waals surface area contributed by atoms with E-state index in [4.69, 9.17) is 14.5 Å². The number of aromatic nitrogens is 5. The van der Waals surface area contributed by atoms with Gasteiger partial charge in [0.25, 0.3) is 0 Å². The predicted octanol–water partition coefficient (Wildman–Crippen LogP) is 4.03. The van der Waals surface area contributed by atoms with Crippen LogP contribution < -0.4 is 14.8 Å². The van der Waals surface area contributed by atoms with Crippen LogP contribution in [-0.2, 0) is 0 Å². The van der Waals surface area contributed by atoms with Crippen LogP contribution >= 0.6 is 0 Å². The van der Waals surface area contributed by atoms with E-state index in [9.17, 15) is 0 Å². The molecule has 0 saturated carbocycles. The summed E-state index contributed by atoms with van der Waals surface area (Å²) in [6.45, 7) is 0. The highest BCUT2D eigenvalue weighted by Gasteiger charge is 2.12. The van der Waals surface area contributed by atoms with Gasteiger partial charge in [-0.15, -0.1) is 0 Å². The van der Waals surface area contributed by atoms with Crippen LogP contribution in [0.5, 0.6) is 11.5 Å². The number of anilines is 2. The van der Waals surface area contributed by atoms with Gasteiger partial charge in [-0.25, -0.2) is 9.97 Å². The highest BCUT2D eigenvalue weighted by atomic mass is 16.5. The number of hydrogen-bond acceptors (Lipinski definition) is 6. The van der Waals surface area contributed by atoms with Crippen molar-refractivity contribution in [3.63, 3.8) is 0 Å². The van der Waals surface area contributed by atoms with E-state index < -0.39 is 0 Å². The molecular formula is C21H18N6O2. The minimum atomic E-state index is 0.647. The number of methoxy groups -OCH3 is 2. The fourth-order valence-electron chi connectivity index (χ4n) is 3.30. The van der Waals surface area contributed by atoms with Crippen LogP contribution in [0.3, 0.4) is 0 Å². The van der Waals surface area contributed by atoms with Crippen molar-refractivity contribution in [3.05, 3.63) is 61.1 Å². The largest absolute Gasteiger partial charge is 0.493 e. The van der Waals surface area contributed by atoms with Crippen LogP contribution in [0, 0.1) is 0 Å². The molecule has 8 nitrogen and oxygen atoms in total. The van der Waals surface area contributed by atoms with Crippen molar-refractivity contribution in [1.82, 2.24) is 24.6 Å². The third-order valence-corrected chi connectivity index (χ3v) is 4.77. The van der Waals surface area contributed by atoms with Crippen molar-refractivity contribution in [2.75, 3.05) is 19.5 Å². The summed E-state index contributed by atoms with van der Waals surface area (Å²) >= 11 is 0. The van der Waals surface area contributed by atoms with E-state index in [1.54, 1.807) is 26.6 Å². The Hall–Kier alpha value is -4.07. The molecule has 0 aliphatic rings. The van der Waals surface area contributed by atoms with Crippen LogP contribution in [0.1, 0.15) is 0 Å². The highest BCUT2D eigenvalue weighted by molar-refractivity contribution is 5.82. The average molecular weight is 386 g/mol. The minimum absolute atomic E-state index is 0.647. The maximum atomic E-state index is 5.43. The minimum Gasteiger partial charge on any atom is -0.493 e. The fourth-order valence-corrected chi connectivity index (χ4v) is 3.30. The topological polar surface area (TPSA) is 89.4 Å². The van der Waals surface area contributed by atoms with Crippen LogP contribution in [0.2, 0.25) is 0 Å². The molecule has 5 rings (SSSR count). The van der Waals surface area contributed by atoms with E-state index in [0.29, 0.717) is 17.4 Å². The zero-order valence-electron chi connectivity index (χ0n) is 15.9. The van der Waals surface area contributed by atoms with Crippen molar-refractivity contribution in [2.24, 2.45) is 0 Å². The molecule has 144 valence electrons. The number of hydrogen-bond donors (Lipinski definition) is 2. The molecule has 29 heavy (non-hydrogen) atoms. The lowest BCUT2D eigenvalue weighted by molar-refractivity contribution is 0.355. The molecule has 0 fully saturated rings. The summed E-state index contributed by atoms with van der Waals surface area (Å²) in [6, 6.07) is 13.6. The number of aromatic amines is 1. The molecule has 0 radical (unpaired) electrons. The Bertz CT molecular complexity index is 1320. The molecule has 5 aromatic rings. The summed E-state index contributed by atoms with van der Waals surface area (Å²) in [5.41, 5.74) is 4.31. The van der Waals surface area contributed by atoms with Crippen LogP contribution in [-0.4, -0.2) is 38.8 Å². The molecular weight excluding hydrogens is 368 g/mol. The summed E-state index contributed by atoms with van der Waals surface area (Å²) in [4.78, 5) is 9.26. The van der Waals surface area contributed by atoms with Crippen LogP contribution in [0.4, 0.5) is 11.6 Å². The molecule has 2 aromatic carbocycles. The zero-order valence-corrected chi connectivity index (χ0v) is 15.9. The number of imidazole rings is 1.